The third kappa shape index (κ3) is 6.10. The van der Waals surface area contributed by atoms with E-state index in [2.05, 4.69) is 5.32 Å². The van der Waals surface area contributed by atoms with E-state index >= 15 is 0 Å². The van der Waals surface area contributed by atoms with Crippen LogP contribution < -0.4 is 15.8 Å². The van der Waals surface area contributed by atoms with Crippen LogP contribution in [0.5, 0.6) is 5.75 Å². The molecule has 1 amide bonds. The van der Waals surface area contributed by atoms with Crippen LogP contribution in [0.4, 0.5) is 4.39 Å². The number of rotatable bonds is 8. The molecule has 0 bridgehead atoms. The van der Waals surface area contributed by atoms with Gasteiger partial charge in [-0.2, -0.15) is 0 Å². The average molecular weight is 298 g/mol. The number of hydrogen-bond donors (Lipinski definition) is 2. The molecule has 3 N–H and O–H groups in total. The molecule has 2 atom stereocenters. The van der Waals surface area contributed by atoms with Crippen molar-refractivity contribution >= 4 is 5.91 Å². The Morgan fingerprint density at radius 2 is 2.14 bits per heavy atom. The number of carbonyl (C=O) groups excluding carboxylic acids is 1. The zero-order chi connectivity index (χ0) is 15.8. The van der Waals surface area contributed by atoms with Crippen molar-refractivity contribution in [3.63, 3.8) is 0 Å². The standard InChI is InChI=1S/C15H23FN2O3/c1-10(17)8-12-4-5-14(13(16)9-12)21-11(2)15(19)18-6-7-20-3/h4-5,9-11H,6-8,17H2,1-3H3,(H,18,19). The molecule has 21 heavy (non-hydrogen) atoms. The number of nitrogens with two attached hydrogens (primary N) is 1. The maximum atomic E-state index is 13.9. The number of carbonyl (C=O) groups is 1. The first-order valence-corrected chi connectivity index (χ1v) is 6.91. The Bertz CT molecular complexity index is 466. The summed E-state index contributed by atoms with van der Waals surface area (Å²) in [6.07, 6.45) is -0.194. The highest BCUT2D eigenvalue weighted by atomic mass is 19.1. The summed E-state index contributed by atoms with van der Waals surface area (Å²) in [6.45, 7) is 4.23. The van der Waals surface area contributed by atoms with Gasteiger partial charge in [0.25, 0.3) is 5.91 Å². The Balaban J connectivity index is 2.59. The molecule has 1 rings (SSSR count). The first kappa shape index (κ1) is 17.4. The summed E-state index contributed by atoms with van der Waals surface area (Å²) in [5.74, 6) is -0.756. The van der Waals surface area contributed by atoms with Gasteiger partial charge in [0.05, 0.1) is 6.61 Å². The molecule has 0 saturated heterocycles. The molecule has 0 radical (unpaired) electrons. The minimum absolute atomic E-state index is 0.0401. The van der Waals surface area contributed by atoms with Gasteiger partial charge in [-0.25, -0.2) is 4.39 Å². The molecular formula is C15H23FN2O3. The summed E-state index contributed by atoms with van der Waals surface area (Å²) >= 11 is 0. The zero-order valence-electron chi connectivity index (χ0n) is 12.7. The predicted octanol–water partition coefficient (Wildman–Crippen LogP) is 1.25. The Morgan fingerprint density at radius 3 is 2.71 bits per heavy atom. The summed E-state index contributed by atoms with van der Waals surface area (Å²) < 4.78 is 24.1. The second-order valence-corrected chi connectivity index (χ2v) is 4.99. The SMILES string of the molecule is COCCNC(=O)C(C)Oc1ccc(CC(C)N)cc1F. The van der Waals surface area contributed by atoms with Crippen molar-refractivity contribution in [3.05, 3.63) is 29.6 Å². The van der Waals surface area contributed by atoms with E-state index in [1.807, 2.05) is 6.92 Å². The van der Waals surface area contributed by atoms with E-state index in [1.54, 1.807) is 20.1 Å². The Labute approximate surface area is 124 Å². The second kappa shape index (κ2) is 8.59. The Morgan fingerprint density at radius 1 is 1.43 bits per heavy atom. The van der Waals surface area contributed by atoms with Gasteiger partial charge in [-0.3, -0.25) is 4.79 Å². The number of methoxy groups -OCH3 is 1. The highest BCUT2D eigenvalue weighted by Gasteiger charge is 2.16. The van der Waals surface area contributed by atoms with Crippen molar-refractivity contribution in [2.75, 3.05) is 20.3 Å². The van der Waals surface area contributed by atoms with Gasteiger partial charge in [0.1, 0.15) is 0 Å². The average Bonchev–Trinajstić information content (AvgIpc) is 2.41. The maximum absolute atomic E-state index is 13.9. The lowest BCUT2D eigenvalue weighted by Gasteiger charge is -2.15. The van der Waals surface area contributed by atoms with Gasteiger partial charge in [-0.15, -0.1) is 0 Å². The molecule has 1 aromatic rings. The third-order valence-electron chi connectivity index (χ3n) is 2.83. The van der Waals surface area contributed by atoms with Crippen molar-refractivity contribution in [1.29, 1.82) is 0 Å². The molecule has 0 fully saturated rings. The molecular weight excluding hydrogens is 275 g/mol. The number of hydrogen-bond acceptors (Lipinski definition) is 4. The van der Waals surface area contributed by atoms with Crippen LogP contribution in [-0.2, 0) is 16.0 Å². The molecule has 0 aromatic heterocycles. The van der Waals surface area contributed by atoms with Gasteiger partial charge in [0, 0.05) is 19.7 Å². The van der Waals surface area contributed by atoms with Crippen LogP contribution in [0.25, 0.3) is 0 Å². The Kier molecular flexibility index (Phi) is 7.11. The van der Waals surface area contributed by atoms with Crippen LogP contribution in [0.1, 0.15) is 19.4 Å². The van der Waals surface area contributed by atoms with Crippen LogP contribution in [0.2, 0.25) is 0 Å². The van der Waals surface area contributed by atoms with Gasteiger partial charge in [0.2, 0.25) is 0 Å². The fourth-order valence-electron chi connectivity index (χ4n) is 1.80. The number of amides is 1. The molecule has 118 valence electrons. The molecule has 0 heterocycles. The first-order valence-electron chi connectivity index (χ1n) is 6.91. The highest BCUT2D eigenvalue weighted by Crippen LogP contribution is 2.20. The van der Waals surface area contributed by atoms with E-state index in [9.17, 15) is 9.18 Å². The van der Waals surface area contributed by atoms with E-state index in [0.717, 1.165) is 5.56 Å². The molecule has 0 aliphatic rings. The quantitative estimate of drug-likeness (QED) is 0.708. The molecule has 5 nitrogen and oxygen atoms in total. The lowest BCUT2D eigenvalue weighted by molar-refractivity contribution is -0.127. The molecule has 0 aliphatic carbocycles. The van der Waals surface area contributed by atoms with Crippen LogP contribution in [0.15, 0.2) is 18.2 Å². The smallest absolute Gasteiger partial charge is 0.260 e. The monoisotopic (exact) mass is 298 g/mol. The number of ether oxygens (including phenoxy) is 2. The third-order valence-corrected chi connectivity index (χ3v) is 2.83. The molecule has 0 aliphatic heterocycles. The largest absolute Gasteiger partial charge is 0.478 e. The van der Waals surface area contributed by atoms with Gasteiger partial charge in [0.15, 0.2) is 17.7 Å². The van der Waals surface area contributed by atoms with E-state index in [4.69, 9.17) is 15.2 Å². The van der Waals surface area contributed by atoms with Crippen molar-refractivity contribution < 1.29 is 18.7 Å². The summed E-state index contributed by atoms with van der Waals surface area (Å²) in [5, 5.41) is 2.63. The number of halogens is 1. The normalized spacial score (nSPS) is 13.6. The van der Waals surface area contributed by atoms with Crippen molar-refractivity contribution in [1.82, 2.24) is 5.32 Å². The van der Waals surface area contributed by atoms with Crippen molar-refractivity contribution in [2.24, 2.45) is 5.73 Å². The van der Waals surface area contributed by atoms with E-state index in [1.165, 1.54) is 12.1 Å². The van der Waals surface area contributed by atoms with Gasteiger partial charge >= 0.3 is 0 Å². The Hall–Kier alpha value is -1.66. The fourth-order valence-corrected chi connectivity index (χ4v) is 1.80. The van der Waals surface area contributed by atoms with Crippen LogP contribution in [-0.4, -0.2) is 38.3 Å². The molecule has 2 unspecified atom stereocenters. The van der Waals surface area contributed by atoms with Gasteiger partial charge < -0.3 is 20.5 Å². The summed E-state index contributed by atoms with van der Waals surface area (Å²) in [5.41, 5.74) is 6.47. The van der Waals surface area contributed by atoms with E-state index in [-0.39, 0.29) is 17.7 Å². The molecule has 1 aromatic carbocycles. The number of benzene rings is 1. The topological polar surface area (TPSA) is 73.6 Å². The summed E-state index contributed by atoms with van der Waals surface area (Å²) in [4.78, 5) is 11.7. The molecule has 0 spiro atoms. The lowest BCUT2D eigenvalue weighted by Crippen LogP contribution is -2.38. The number of nitrogens with one attached hydrogen (secondary N) is 1. The lowest BCUT2D eigenvalue weighted by atomic mass is 10.1. The molecule has 0 saturated carbocycles. The summed E-state index contributed by atoms with van der Waals surface area (Å²) in [6, 6.07) is 4.61. The van der Waals surface area contributed by atoms with Crippen molar-refractivity contribution in [3.8, 4) is 5.75 Å². The van der Waals surface area contributed by atoms with E-state index in [0.29, 0.717) is 19.6 Å². The minimum Gasteiger partial charge on any atom is -0.478 e. The summed E-state index contributed by atoms with van der Waals surface area (Å²) in [7, 11) is 1.55. The fraction of sp³-hybridized carbons (Fsp3) is 0.533. The molecule has 6 heteroatoms. The van der Waals surface area contributed by atoms with Crippen molar-refractivity contribution in [2.45, 2.75) is 32.4 Å². The maximum Gasteiger partial charge on any atom is 0.260 e. The zero-order valence-corrected chi connectivity index (χ0v) is 12.7. The van der Waals surface area contributed by atoms with Gasteiger partial charge in [-0.05, 0) is 38.0 Å². The van der Waals surface area contributed by atoms with Crippen LogP contribution in [0, 0.1) is 5.82 Å². The predicted molar refractivity (Wildman–Crippen MR) is 78.7 cm³/mol. The first-order chi connectivity index (χ1) is 9.93. The van der Waals surface area contributed by atoms with Crippen LogP contribution in [0.3, 0.4) is 0 Å². The second-order valence-electron chi connectivity index (χ2n) is 4.99. The van der Waals surface area contributed by atoms with Crippen LogP contribution >= 0.6 is 0 Å². The van der Waals surface area contributed by atoms with E-state index < -0.39 is 11.9 Å². The van der Waals surface area contributed by atoms with Gasteiger partial charge in [-0.1, -0.05) is 6.07 Å². The minimum atomic E-state index is -0.782. The highest BCUT2D eigenvalue weighted by molar-refractivity contribution is 5.80.